The summed E-state index contributed by atoms with van der Waals surface area (Å²) in [6.45, 7) is 2.02. The first-order valence-corrected chi connectivity index (χ1v) is 6.20. The van der Waals surface area contributed by atoms with E-state index in [4.69, 9.17) is 4.74 Å². The molecule has 0 spiro atoms. The van der Waals surface area contributed by atoms with Crippen molar-refractivity contribution in [2.45, 2.75) is 6.92 Å². The van der Waals surface area contributed by atoms with Gasteiger partial charge in [0.05, 0.1) is 12.7 Å². The zero-order chi connectivity index (χ0) is 13.4. The van der Waals surface area contributed by atoms with E-state index in [1.807, 2.05) is 31.2 Å². The van der Waals surface area contributed by atoms with Crippen molar-refractivity contribution in [3.63, 3.8) is 0 Å². The molecule has 3 aromatic carbocycles. The molecule has 0 aliphatic rings. The fraction of sp³-hybridized carbons (Fsp3) is 0.118. The van der Waals surface area contributed by atoms with Crippen LogP contribution in [0, 0.1) is 6.92 Å². The van der Waals surface area contributed by atoms with E-state index in [0.29, 0.717) is 5.56 Å². The monoisotopic (exact) mass is 250 g/mol. The molecule has 0 saturated heterocycles. The number of carbonyl (C=O) groups excluding carboxylic acids is 1. The number of esters is 1. The predicted octanol–water partition coefficient (Wildman–Crippen LogP) is 4.09. The number of hydrogen-bond acceptors (Lipinski definition) is 2. The minimum atomic E-state index is -0.293. The maximum absolute atomic E-state index is 11.7. The van der Waals surface area contributed by atoms with Crippen molar-refractivity contribution in [3.8, 4) is 0 Å². The van der Waals surface area contributed by atoms with Gasteiger partial charge in [0.1, 0.15) is 0 Å². The SMILES string of the molecule is COC(=O)c1cc(C)c2cc3ccccc3cc2c1. The Morgan fingerprint density at radius 3 is 2.32 bits per heavy atom. The average molecular weight is 250 g/mol. The lowest BCUT2D eigenvalue weighted by atomic mass is 9.98. The second-order valence-corrected chi connectivity index (χ2v) is 4.71. The van der Waals surface area contributed by atoms with E-state index in [0.717, 1.165) is 10.9 Å². The second-order valence-electron chi connectivity index (χ2n) is 4.71. The van der Waals surface area contributed by atoms with Crippen LogP contribution in [0.5, 0.6) is 0 Å². The van der Waals surface area contributed by atoms with Crippen LogP contribution in [-0.4, -0.2) is 13.1 Å². The van der Waals surface area contributed by atoms with E-state index in [1.54, 1.807) is 0 Å². The molecule has 0 heterocycles. The summed E-state index contributed by atoms with van der Waals surface area (Å²) in [4.78, 5) is 11.7. The summed E-state index contributed by atoms with van der Waals surface area (Å²) in [7, 11) is 1.41. The van der Waals surface area contributed by atoms with Gasteiger partial charge in [0.25, 0.3) is 0 Å². The summed E-state index contributed by atoms with van der Waals surface area (Å²) < 4.78 is 4.79. The van der Waals surface area contributed by atoms with Crippen LogP contribution in [0.1, 0.15) is 15.9 Å². The van der Waals surface area contributed by atoms with Gasteiger partial charge in [0.15, 0.2) is 0 Å². The first-order valence-electron chi connectivity index (χ1n) is 6.20. The number of ether oxygens (including phenoxy) is 1. The quantitative estimate of drug-likeness (QED) is 0.480. The van der Waals surface area contributed by atoms with Gasteiger partial charge in [-0.3, -0.25) is 0 Å². The molecular formula is C17H14O2. The molecule has 0 amide bonds. The van der Waals surface area contributed by atoms with Crippen LogP contribution in [-0.2, 0) is 4.74 Å². The predicted molar refractivity (Wildman–Crippen MR) is 77.5 cm³/mol. The van der Waals surface area contributed by atoms with Gasteiger partial charge >= 0.3 is 5.97 Å². The van der Waals surface area contributed by atoms with E-state index >= 15 is 0 Å². The van der Waals surface area contributed by atoms with Crippen LogP contribution >= 0.6 is 0 Å². The second kappa shape index (κ2) is 4.39. The van der Waals surface area contributed by atoms with Gasteiger partial charge in [-0.05, 0) is 58.3 Å². The standard InChI is InChI=1S/C17H14O2/c1-11-7-15(17(18)19-2)9-14-8-12-5-3-4-6-13(12)10-16(11)14/h3-10H,1-2H3. The Hall–Kier alpha value is -2.35. The summed E-state index contributed by atoms with van der Waals surface area (Å²) in [6.07, 6.45) is 0. The van der Waals surface area contributed by atoms with Crippen LogP contribution in [0.3, 0.4) is 0 Å². The molecule has 0 N–H and O–H groups in total. The Labute approximate surface area is 111 Å². The van der Waals surface area contributed by atoms with Crippen LogP contribution in [0.2, 0.25) is 0 Å². The molecular weight excluding hydrogens is 236 g/mol. The Morgan fingerprint density at radius 2 is 1.63 bits per heavy atom. The summed E-state index contributed by atoms with van der Waals surface area (Å²) in [5.41, 5.74) is 1.69. The number of rotatable bonds is 1. The molecule has 0 saturated carbocycles. The molecule has 2 heteroatoms. The fourth-order valence-electron chi connectivity index (χ4n) is 2.47. The number of benzene rings is 3. The molecule has 0 aliphatic carbocycles. The van der Waals surface area contributed by atoms with Crippen molar-refractivity contribution in [3.05, 3.63) is 59.7 Å². The Morgan fingerprint density at radius 1 is 0.947 bits per heavy atom. The summed E-state index contributed by atoms with van der Waals surface area (Å²) in [6, 6.07) is 16.3. The summed E-state index contributed by atoms with van der Waals surface area (Å²) in [5.74, 6) is -0.293. The van der Waals surface area contributed by atoms with Crippen LogP contribution in [0.4, 0.5) is 0 Å². The van der Waals surface area contributed by atoms with E-state index in [2.05, 4.69) is 24.3 Å². The molecule has 94 valence electrons. The number of carbonyl (C=O) groups is 1. The number of hydrogen-bond donors (Lipinski definition) is 0. The highest BCUT2D eigenvalue weighted by molar-refractivity contribution is 6.03. The maximum Gasteiger partial charge on any atom is 0.337 e. The highest BCUT2D eigenvalue weighted by Gasteiger charge is 2.09. The van der Waals surface area contributed by atoms with Crippen LogP contribution in [0.25, 0.3) is 21.5 Å². The molecule has 0 aromatic heterocycles. The highest BCUT2D eigenvalue weighted by atomic mass is 16.5. The lowest BCUT2D eigenvalue weighted by Crippen LogP contribution is -2.01. The van der Waals surface area contributed by atoms with Gasteiger partial charge in [-0.15, -0.1) is 0 Å². The van der Waals surface area contributed by atoms with Crippen molar-refractivity contribution >= 4 is 27.5 Å². The molecule has 0 atom stereocenters. The molecule has 0 radical (unpaired) electrons. The number of fused-ring (bicyclic) bond motifs is 2. The molecule has 0 unspecified atom stereocenters. The zero-order valence-corrected chi connectivity index (χ0v) is 10.9. The third-order valence-corrected chi connectivity index (χ3v) is 3.45. The summed E-state index contributed by atoms with van der Waals surface area (Å²) >= 11 is 0. The minimum absolute atomic E-state index is 0.293. The largest absolute Gasteiger partial charge is 0.465 e. The molecule has 2 nitrogen and oxygen atoms in total. The number of methoxy groups -OCH3 is 1. The van der Waals surface area contributed by atoms with Crippen molar-refractivity contribution in [1.82, 2.24) is 0 Å². The van der Waals surface area contributed by atoms with Crippen LogP contribution < -0.4 is 0 Å². The molecule has 3 rings (SSSR count). The average Bonchev–Trinajstić information content (AvgIpc) is 2.44. The van der Waals surface area contributed by atoms with Crippen molar-refractivity contribution in [2.75, 3.05) is 7.11 Å². The van der Waals surface area contributed by atoms with Gasteiger partial charge in [0, 0.05) is 0 Å². The number of aryl methyl sites for hydroxylation is 1. The van der Waals surface area contributed by atoms with E-state index in [9.17, 15) is 4.79 Å². The van der Waals surface area contributed by atoms with Crippen LogP contribution in [0.15, 0.2) is 48.5 Å². The van der Waals surface area contributed by atoms with Gasteiger partial charge in [-0.1, -0.05) is 24.3 Å². The Bertz CT molecular complexity index is 788. The smallest absolute Gasteiger partial charge is 0.337 e. The maximum atomic E-state index is 11.7. The molecule has 0 bridgehead atoms. The van der Waals surface area contributed by atoms with Crippen molar-refractivity contribution in [2.24, 2.45) is 0 Å². The Kier molecular flexibility index (Phi) is 2.71. The van der Waals surface area contributed by atoms with Gasteiger partial charge < -0.3 is 4.74 Å². The highest BCUT2D eigenvalue weighted by Crippen LogP contribution is 2.26. The molecule has 19 heavy (non-hydrogen) atoms. The van der Waals surface area contributed by atoms with Gasteiger partial charge in [0.2, 0.25) is 0 Å². The van der Waals surface area contributed by atoms with E-state index in [1.165, 1.54) is 23.3 Å². The summed E-state index contributed by atoms with van der Waals surface area (Å²) in [5, 5.41) is 4.63. The first kappa shape index (κ1) is 11.7. The molecule has 0 aliphatic heterocycles. The minimum Gasteiger partial charge on any atom is -0.465 e. The van der Waals surface area contributed by atoms with Crippen molar-refractivity contribution < 1.29 is 9.53 Å². The molecule has 0 fully saturated rings. The topological polar surface area (TPSA) is 26.3 Å². The third-order valence-electron chi connectivity index (χ3n) is 3.45. The van der Waals surface area contributed by atoms with E-state index in [-0.39, 0.29) is 5.97 Å². The zero-order valence-electron chi connectivity index (χ0n) is 10.9. The van der Waals surface area contributed by atoms with Gasteiger partial charge in [-0.2, -0.15) is 0 Å². The third kappa shape index (κ3) is 1.95. The fourth-order valence-corrected chi connectivity index (χ4v) is 2.47. The lowest BCUT2D eigenvalue weighted by Gasteiger charge is -2.08. The van der Waals surface area contributed by atoms with Crippen molar-refractivity contribution in [1.29, 1.82) is 0 Å². The molecule has 3 aromatic rings. The van der Waals surface area contributed by atoms with Gasteiger partial charge in [-0.25, -0.2) is 4.79 Å². The first-order chi connectivity index (χ1) is 9.19. The van der Waals surface area contributed by atoms with E-state index < -0.39 is 0 Å². The lowest BCUT2D eigenvalue weighted by molar-refractivity contribution is 0.0601. The Balaban J connectivity index is 2.34. The normalized spacial score (nSPS) is 10.8.